The Kier molecular flexibility index (Phi) is 4.11. The van der Waals surface area contributed by atoms with Gasteiger partial charge in [0.15, 0.2) is 0 Å². The molecule has 7 heteroatoms. The van der Waals surface area contributed by atoms with Gasteiger partial charge in [-0.15, -0.1) is 5.10 Å². The maximum absolute atomic E-state index is 12.7. The van der Waals surface area contributed by atoms with Gasteiger partial charge in [0.2, 0.25) is 0 Å². The minimum Gasteiger partial charge on any atom is -0.376 e. The third-order valence-electron chi connectivity index (χ3n) is 5.48. The molecule has 126 valence electrons. The molecule has 0 unspecified atom stereocenters. The highest BCUT2D eigenvalue weighted by Gasteiger charge is 2.57. The molecule has 3 heterocycles. The molecule has 1 aromatic heterocycles. The fraction of sp³-hybridized carbons (Fsp3) is 0.812. The van der Waals surface area contributed by atoms with E-state index in [4.69, 9.17) is 4.74 Å². The quantitative estimate of drug-likeness (QED) is 0.905. The molecular weight excluding hydrogens is 312 g/mol. The first-order valence-electron chi connectivity index (χ1n) is 8.65. The number of amides is 1. The number of aromatic nitrogens is 2. The third kappa shape index (κ3) is 2.58. The molecule has 2 aliphatic heterocycles. The molecule has 3 fully saturated rings. The van der Waals surface area contributed by atoms with Gasteiger partial charge in [0.05, 0.1) is 23.9 Å². The summed E-state index contributed by atoms with van der Waals surface area (Å²) < 4.78 is 9.90. The van der Waals surface area contributed by atoms with E-state index in [2.05, 4.69) is 19.8 Å². The van der Waals surface area contributed by atoms with Crippen molar-refractivity contribution < 1.29 is 9.53 Å². The predicted octanol–water partition coefficient (Wildman–Crippen LogP) is 1.64. The smallest absolute Gasteiger partial charge is 0.265 e. The predicted molar refractivity (Wildman–Crippen MR) is 87.7 cm³/mol. The Bertz CT molecular complexity index is 580. The minimum absolute atomic E-state index is 0.0109. The van der Waals surface area contributed by atoms with Crippen molar-refractivity contribution in [1.82, 2.24) is 19.8 Å². The van der Waals surface area contributed by atoms with E-state index < -0.39 is 0 Å². The summed E-state index contributed by atoms with van der Waals surface area (Å²) in [5.74, 6) is 0.670. The Labute approximate surface area is 140 Å². The minimum atomic E-state index is -0.0109. The van der Waals surface area contributed by atoms with Gasteiger partial charge in [0, 0.05) is 12.5 Å². The number of nitrogens with one attached hydrogen (secondary N) is 1. The van der Waals surface area contributed by atoms with E-state index >= 15 is 0 Å². The van der Waals surface area contributed by atoms with E-state index in [0.717, 1.165) is 31.8 Å². The lowest BCUT2D eigenvalue weighted by molar-refractivity contribution is -0.0747. The molecule has 1 N–H and O–H groups in total. The van der Waals surface area contributed by atoms with Gasteiger partial charge in [-0.3, -0.25) is 9.69 Å². The molecule has 23 heavy (non-hydrogen) atoms. The summed E-state index contributed by atoms with van der Waals surface area (Å²) in [6.45, 7) is 7.17. The third-order valence-corrected chi connectivity index (χ3v) is 6.22. The molecule has 0 bridgehead atoms. The van der Waals surface area contributed by atoms with Crippen molar-refractivity contribution in [3.63, 3.8) is 0 Å². The van der Waals surface area contributed by atoms with Gasteiger partial charge in [-0.1, -0.05) is 18.3 Å². The van der Waals surface area contributed by atoms with Gasteiger partial charge < -0.3 is 10.1 Å². The molecule has 4 rings (SSSR count). The molecule has 0 aromatic carbocycles. The first-order valence-corrected chi connectivity index (χ1v) is 9.43. The standard InChI is InChI=1S/C16H24N4O2S/c1-9(2)11-15(23-19-18-11)16(21)17-12-10-5-8-22-14(10)13(12)20-6-3-4-7-20/h9-10,12-14H,3-8H2,1-2H3,(H,17,21)/t10-,12+,13-,14-/m1/s1. The van der Waals surface area contributed by atoms with Crippen molar-refractivity contribution >= 4 is 17.4 Å². The van der Waals surface area contributed by atoms with Crippen LogP contribution in [0.4, 0.5) is 0 Å². The zero-order valence-electron chi connectivity index (χ0n) is 13.7. The normalized spacial score (nSPS) is 33.7. The van der Waals surface area contributed by atoms with Gasteiger partial charge in [-0.05, 0) is 49.8 Å². The van der Waals surface area contributed by atoms with Crippen molar-refractivity contribution in [1.29, 1.82) is 0 Å². The van der Waals surface area contributed by atoms with E-state index in [0.29, 0.717) is 22.9 Å². The van der Waals surface area contributed by atoms with Crippen LogP contribution in [0, 0.1) is 5.92 Å². The Hall–Kier alpha value is -1.05. The Balaban J connectivity index is 1.50. The van der Waals surface area contributed by atoms with Gasteiger partial charge in [0.25, 0.3) is 5.91 Å². The molecule has 2 saturated heterocycles. The van der Waals surface area contributed by atoms with Crippen LogP contribution in [0.25, 0.3) is 0 Å². The lowest BCUT2D eigenvalue weighted by Gasteiger charge is -2.51. The number of nitrogens with zero attached hydrogens (tertiary/aromatic N) is 3. The van der Waals surface area contributed by atoms with Crippen LogP contribution < -0.4 is 5.32 Å². The maximum atomic E-state index is 12.7. The van der Waals surface area contributed by atoms with Crippen LogP contribution in [0.2, 0.25) is 0 Å². The first-order chi connectivity index (χ1) is 11.2. The Morgan fingerprint density at radius 3 is 2.91 bits per heavy atom. The zero-order chi connectivity index (χ0) is 16.0. The van der Waals surface area contributed by atoms with Gasteiger partial charge in [-0.25, -0.2) is 0 Å². The number of ether oxygens (including phenoxy) is 1. The van der Waals surface area contributed by atoms with E-state index in [1.165, 1.54) is 24.4 Å². The van der Waals surface area contributed by atoms with E-state index in [9.17, 15) is 4.79 Å². The van der Waals surface area contributed by atoms with Gasteiger partial charge >= 0.3 is 0 Å². The lowest BCUT2D eigenvalue weighted by atomic mass is 9.70. The van der Waals surface area contributed by atoms with E-state index in [-0.39, 0.29) is 17.9 Å². The molecule has 1 amide bonds. The summed E-state index contributed by atoms with van der Waals surface area (Å²) in [4.78, 5) is 15.9. The monoisotopic (exact) mass is 336 g/mol. The van der Waals surface area contributed by atoms with Crippen molar-refractivity contribution in [3.05, 3.63) is 10.6 Å². The van der Waals surface area contributed by atoms with Crippen LogP contribution in [0.5, 0.6) is 0 Å². The number of rotatable bonds is 4. The number of carbonyl (C=O) groups is 1. The first kappa shape index (κ1) is 15.5. The highest BCUT2D eigenvalue weighted by molar-refractivity contribution is 7.08. The molecular formula is C16H24N4O2S. The summed E-state index contributed by atoms with van der Waals surface area (Å²) in [5, 5.41) is 7.41. The average Bonchev–Trinajstić information content (AvgIpc) is 3.25. The number of fused-ring (bicyclic) bond motifs is 1. The Morgan fingerprint density at radius 1 is 1.39 bits per heavy atom. The van der Waals surface area contributed by atoms with Crippen molar-refractivity contribution in [2.24, 2.45) is 5.92 Å². The number of hydrogen-bond donors (Lipinski definition) is 1. The van der Waals surface area contributed by atoms with E-state index in [1.807, 2.05) is 13.8 Å². The molecule has 1 aliphatic carbocycles. The summed E-state index contributed by atoms with van der Waals surface area (Å²) in [6, 6.07) is 0.549. The molecule has 1 saturated carbocycles. The molecule has 4 atom stereocenters. The summed E-state index contributed by atoms with van der Waals surface area (Å²) in [5.41, 5.74) is 0.809. The van der Waals surface area contributed by atoms with Gasteiger partial charge in [0.1, 0.15) is 4.88 Å². The SMILES string of the molecule is CC(C)c1nnsc1C(=O)N[C@H]1[C@H]2CCO[C@H]2[C@@H]1N1CCCC1. The highest BCUT2D eigenvalue weighted by atomic mass is 32.1. The van der Waals surface area contributed by atoms with Crippen LogP contribution in [0.15, 0.2) is 0 Å². The second-order valence-corrected chi connectivity index (χ2v) is 7.92. The van der Waals surface area contributed by atoms with Crippen molar-refractivity contribution in [2.75, 3.05) is 19.7 Å². The average molecular weight is 336 g/mol. The Morgan fingerprint density at radius 2 is 2.17 bits per heavy atom. The van der Waals surface area contributed by atoms with Crippen molar-refractivity contribution in [3.8, 4) is 0 Å². The molecule has 6 nitrogen and oxygen atoms in total. The van der Waals surface area contributed by atoms with Crippen LogP contribution >= 0.6 is 11.5 Å². The van der Waals surface area contributed by atoms with Crippen LogP contribution in [-0.4, -0.2) is 58.3 Å². The summed E-state index contributed by atoms with van der Waals surface area (Å²) in [6.07, 6.45) is 3.87. The molecule has 0 radical (unpaired) electrons. The summed E-state index contributed by atoms with van der Waals surface area (Å²) in [7, 11) is 0. The number of carbonyl (C=O) groups excluding carboxylic acids is 1. The molecule has 3 aliphatic rings. The summed E-state index contributed by atoms with van der Waals surface area (Å²) >= 11 is 1.20. The van der Waals surface area contributed by atoms with Crippen LogP contribution in [-0.2, 0) is 4.74 Å². The topological polar surface area (TPSA) is 67.3 Å². The number of hydrogen-bond acceptors (Lipinski definition) is 6. The highest BCUT2D eigenvalue weighted by Crippen LogP contribution is 2.43. The van der Waals surface area contributed by atoms with Crippen LogP contribution in [0.1, 0.15) is 54.4 Å². The van der Waals surface area contributed by atoms with E-state index in [1.54, 1.807) is 0 Å². The fourth-order valence-corrected chi connectivity index (χ4v) is 5.02. The zero-order valence-corrected chi connectivity index (χ0v) is 14.5. The maximum Gasteiger partial charge on any atom is 0.265 e. The number of likely N-dealkylation sites (tertiary alicyclic amines) is 1. The second-order valence-electron chi connectivity index (χ2n) is 7.16. The largest absolute Gasteiger partial charge is 0.376 e. The van der Waals surface area contributed by atoms with Crippen LogP contribution in [0.3, 0.4) is 0 Å². The molecule has 1 aromatic rings. The second kappa shape index (κ2) is 6.11. The fourth-order valence-electron chi connectivity index (χ4n) is 4.29. The molecule has 0 spiro atoms. The van der Waals surface area contributed by atoms with Crippen molar-refractivity contribution in [2.45, 2.75) is 57.2 Å². The lowest BCUT2D eigenvalue weighted by Crippen LogP contribution is -2.70. The van der Waals surface area contributed by atoms with Gasteiger partial charge in [-0.2, -0.15) is 0 Å².